The average molecular weight is 627 g/mol. The maximum absolute atomic E-state index is 14.4. The van der Waals surface area contributed by atoms with E-state index >= 15 is 0 Å². The summed E-state index contributed by atoms with van der Waals surface area (Å²) in [5.41, 5.74) is -0.690. The van der Waals surface area contributed by atoms with Gasteiger partial charge in [-0.2, -0.15) is 0 Å². The first-order chi connectivity index (χ1) is 17.3. The van der Waals surface area contributed by atoms with Gasteiger partial charge in [0.05, 0.1) is 12.7 Å². The molecule has 0 aromatic heterocycles. The van der Waals surface area contributed by atoms with Crippen LogP contribution in [0.25, 0.3) is 0 Å². The van der Waals surface area contributed by atoms with Crippen molar-refractivity contribution in [3.05, 3.63) is 23.5 Å². The summed E-state index contributed by atoms with van der Waals surface area (Å²) in [6.45, 7) is 12.8. The van der Waals surface area contributed by atoms with E-state index in [0.717, 1.165) is 37.9 Å². The Morgan fingerprint density at radius 2 is 1.92 bits per heavy atom. The van der Waals surface area contributed by atoms with Crippen molar-refractivity contribution in [3.63, 3.8) is 0 Å². The van der Waals surface area contributed by atoms with Crippen molar-refractivity contribution in [1.82, 2.24) is 0 Å². The van der Waals surface area contributed by atoms with Gasteiger partial charge in [0, 0.05) is 27.6 Å². The Labute approximate surface area is 232 Å². The van der Waals surface area contributed by atoms with Gasteiger partial charge in [-0.3, -0.25) is 4.79 Å². The summed E-state index contributed by atoms with van der Waals surface area (Å²) < 4.78 is 26.5. The van der Waals surface area contributed by atoms with Gasteiger partial charge in [-0.05, 0) is 74.9 Å². The first-order valence-corrected chi connectivity index (χ1v) is 15.5. The molecule has 0 aromatic carbocycles. The molecule has 1 spiro atoms. The monoisotopic (exact) mass is 626 g/mol. The topological polar surface area (TPSA) is 94.5 Å². The van der Waals surface area contributed by atoms with Crippen LogP contribution in [0.15, 0.2) is 23.5 Å². The van der Waals surface area contributed by atoms with E-state index < -0.39 is 34.6 Å². The lowest BCUT2D eigenvalue weighted by Gasteiger charge is -2.72. The van der Waals surface area contributed by atoms with Crippen LogP contribution in [0.4, 0.5) is 0 Å². The van der Waals surface area contributed by atoms with E-state index in [1.165, 1.54) is 5.57 Å². The molecule has 2 bridgehead atoms. The Hall–Kier alpha value is -0.520. The zero-order valence-corrected chi connectivity index (χ0v) is 24.4. The SMILES string of the molecule is C=C1C(=O)[C@@]23[C@@H]4OC(C)(C)O[C@@]2(O)[C@@H](O)[C@@H]2C(C)(C)CC5=C(O[C@@H]6OCCC[C@@H]6C5)[C@@]2(CI)[C@@H]3CC[C@@H]14. The van der Waals surface area contributed by atoms with E-state index in [1.54, 1.807) is 13.8 Å². The summed E-state index contributed by atoms with van der Waals surface area (Å²) in [5, 5.41) is 25.0. The lowest BCUT2D eigenvalue weighted by molar-refractivity contribution is -0.488. The molecule has 2 saturated heterocycles. The second-order valence-electron chi connectivity index (χ2n) is 13.9. The molecule has 3 saturated carbocycles. The highest BCUT2D eigenvalue weighted by Crippen LogP contribution is 2.77. The number of alkyl halides is 1. The summed E-state index contributed by atoms with van der Waals surface area (Å²) >= 11 is 2.43. The highest BCUT2D eigenvalue weighted by atomic mass is 127. The van der Waals surface area contributed by atoms with Gasteiger partial charge >= 0.3 is 0 Å². The van der Waals surface area contributed by atoms with Crippen molar-refractivity contribution in [3.8, 4) is 0 Å². The molecule has 2 N–H and O–H groups in total. The van der Waals surface area contributed by atoms with Gasteiger partial charge in [0.15, 0.2) is 11.6 Å². The van der Waals surface area contributed by atoms with Crippen molar-refractivity contribution >= 4 is 28.4 Å². The minimum Gasteiger partial charge on any atom is -0.468 e. The number of carbonyl (C=O) groups excluding carboxylic acids is 1. The number of halogens is 1. The molecule has 7 rings (SSSR count). The minimum absolute atomic E-state index is 0.197. The highest BCUT2D eigenvalue weighted by Gasteiger charge is 2.86. The molecule has 204 valence electrons. The summed E-state index contributed by atoms with van der Waals surface area (Å²) in [5.74, 6) is -3.14. The van der Waals surface area contributed by atoms with E-state index in [-0.39, 0.29) is 35.2 Å². The molecular weight excluding hydrogens is 587 g/mol. The third kappa shape index (κ3) is 2.79. The quantitative estimate of drug-likeness (QED) is 0.256. The zero-order valence-electron chi connectivity index (χ0n) is 22.2. The van der Waals surface area contributed by atoms with E-state index in [4.69, 9.17) is 18.9 Å². The number of ether oxygens (including phenoxy) is 4. The summed E-state index contributed by atoms with van der Waals surface area (Å²) in [6.07, 6.45) is 3.05. The van der Waals surface area contributed by atoms with Crippen LogP contribution in [-0.4, -0.2) is 57.1 Å². The number of hydrogen-bond acceptors (Lipinski definition) is 7. The third-order valence-corrected chi connectivity index (χ3v) is 12.4. The smallest absolute Gasteiger partial charge is 0.211 e. The normalized spacial score (nSPS) is 53.0. The number of fused-ring (bicyclic) bond motifs is 4. The molecule has 7 aliphatic rings. The maximum Gasteiger partial charge on any atom is 0.211 e. The number of rotatable bonds is 1. The number of ketones is 1. The highest BCUT2D eigenvalue weighted by molar-refractivity contribution is 14.1. The van der Waals surface area contributed by atoms with E-state index in [9.17, 15) is 15.0 Å². The molecule has 7 nitrogen and oxygen atoms in total. The molecule has 0 radical (unpaired) electrons. The molecule has 4 aliphatic carbocycles. The summed E-state index contributed by atoms with van der Waals surface area (Å²) in [6, 6.07) is 0. The first kappa shape index (κ1) is 25.4. The van der Waals surface area contributed by atoms with Gasteiger partial charge in [0.2, 0.25) is 12.1 Å². The Morgan fingerprint density at radius 1 is 1.16 bits per heavy atom. The molecule has 0 aromatic rings. The van der Waals surface area contributed by atoms with E-state index in [1.807, 2.05) is 0 Å². The largest absolute Gasteiger partial charge is 0.468 e. The fraction of sp³-hybridized carbons (Fsp3) is 0.828. The van der Waals surface area contributed by atoms with Gasteiger partial charge in [0.1, 0.15) is 17.3 Å². The van der Waals surface area contributed by atoms with Gasteiger partial charge in [0.25, 0.3) is 0 Å². The third-order valence-electron chi connectivity index (χ3n) is 11.1. The van der Waals surface area contributed by atoms with E-state index in [0.29, 0.717) is 28.9 Å². The lowest BCUT2D eigenvalue weighted by Crippen LogP contribution is -2.83. The van der Waals surface area contributed by atoms with Gasteiger partial charge in [-0.1, -0.05) is 43.0 Å². The van der Waals surface area contributed by atoms with Crippen LogP contribution in [0, 0.1) is 39.9 Å². The maximum atomic E-state index is 14.4. The predicted octanol–water partition coefficient (Wildman–Crippen LogP) is 4.25. The van der Waals surface area contributed by atoms with E-state index in [2.05, 4.69) is 43.0 Å². The lowest BCUT2D eigenvalue weighted by atomic mass is 9.37. The average Bonchev–Trinajstić information content (AvgIpc) is 2.95. The van der Waals surface area contributed by atoms with Crippen LogP contribution in [-0.2, 0) is 23.7 Å². The molecule has 0 unspecified atom stereocenters. The predicted molar refractivity (Wildman–Crippen MR) is 142 cm³/mol. The number of allylic oxidation sites excluding steroid dienone is 2. The summed E-state index contributed by atoms with van der Waals surface area (Å²) in [4.78, 5) is 14.4. The van der Waals surface area contributed by atoms with Crippen molar-refractivity contribution in [1.29, 1.82) is 0 Å². The van der Waals surface area contributed by atoms with Crippen LogP contribution < -0.4 is 0 Å². The van der Waals surface area contributed by atoms with Crippen molar-refractivity contribution in [2.75, 3.05) is 11.0 Å². The minimum atomic E-state index is -2.09. The Balaban J connectivity index is 1.51. The number of carbonyl (C=O) groups is 1. The first-order valence-electron chi connectivity index (χ1n) is 13.9. The second kappa shape index (κ2) is 7.60. The number of aliphatic hydroxyl groups excluding tert-OH is 1. The Bertz CT molecular complexity index is 1110. The van der Waals surface area contributed by atoms with Crippen LogP contribution in [0.2, 0.25) is 0 Å². The molecule has 0 amide bonds. The van der Waals surface area contributed by atoms with Gasteiger partial charge < -0.3 is 29.2 Å². The van der Waals surface area contributed by atoms with Crippen LogP contribution in [0.3, 0.4) is 0 Å². The molecular formula is C29H39IO7. The molecule has 5 fully saturated rings. The molecule has 3 heterocycles. The standard InChI is InChI=1S/C29H39IO7/c1-14-17-8-9-18-27(13-30)19(21(32)29(33)28(18,20(14)31)23(17)36-26(4,5)37-29)25(2,3)12-16-11-15-7-6-10-34-24(15)35-22(16)27/h15,17-19,21,23-24,32-33H,1,6-13H2,2-5H3/t15-,17+,18+,19-,21+,23-,24+,27+,28+,29+/m1/s1. The zero-order chi connectivity index (χ0) is 26.3. The fourth-order valence-corrected chi connectivity index (χ4v) is 11.6. The number of Topliss-reactive ketones (excluding diaryl/α,β-unsaturated/α-hetero) is 1. The van der Waals surface area contributed by atoms with Crippen LogP contribution in [0.1, 0.15) is 66.2 Å². The van der Waals surface area contributed by atoms with Crippen LogP contribution >= 0.6 is 22.6 Å². The molecule has 3 aliphatic heterocycles. The van der Waals surface area contributed by atoms with Crippen LogP contribution in [0.5, 0.6) is 0 Å². The van der Waals surface area contributed by atoms with Crippen molar-refractivity contribution < 1.29 is 34.0 Å². The molecule has 37 heavy (non-hydrogen) atoms. The van der Waals surface area contributed by atoms with Crippen molar-refractivity contribution in [2.24, 2.45) is 39.9 Å². The van der Waals surface area contributed by atoms with Gasteiger partial charge in [-0.25, -0.2) is 0 Å². The van der Waals surface area contributed by atoms with Crippen molar-refractivity contribution in [2.45, 2.75) is 96.3 Å². The fourth-order valence-electron chi connectivity index (χ4n) is 10.3. The molecule has 10 atom stereocenters. The number of aliphatic hydroxyl groups is 2. The molecule has 8 heteroatoms. The Morgan fingerprint density at radius 3 is 2.65 bits per heavy atom. The Kier molecular flexibility index (Phi) is 5.23. The van der Waals surface area contributed by atoms with Gasteiger partial charge in [-0.15, -0.1) is 0 Å². The number of hydrogen-bond donors (Lipinski definition) is 2. The summed E-state index contributed by atoms with van der Waals surface area (Å²) in [7, 11) is 0. The second-order valence-corrected chi connectivity index (χ2v) is 14.6.